The lowest BCUT2D eigenvalue weighted by molar-refractivity contribution is -0.136. The molecular weight excluding hydrogens is 314 g/mol. The molecule has 2 aromatic rings. The van der Waals surface area contributed by atoms with Crippen LogP contribution in [0.2, 0.25) is 0 Å². The summed E-state index contributed by atoms with van der Waals surface area (Å²) in [5.41, 5.74) is 3.86. The number of aliphatic carboxylic acids is 1. The number of nitrogens with zero attached hydrogens (tertiary/aromatic N) is 1. The summed E-state index contributed by atoms with van der Waals surface area (Å²) in [5, 5.41) is 9.25. The zero-order valence-electron chi connectivity index (χ0n) is 16.5. The third-order valence-electron chi connectivity index (χ3n) is 4.14. The van der Waals surface area contributed by atoms with Gasteiger partial charge in [-0.25, -0.2) is 0 Å². The van der Waals surface area contributed by atoms with Gasteiger partial charge < -0.3 is 14.7 Å². The maximum Gasteiger partial charge on any atom is 0.307 e. The van der Waals surface area contributed by atoms with Crippen molar-refractivity contribution in [2.24, 2.45) is 0 Å². The van der Waals surface area contributed by atoms with E-state index in [0.29, 0.717) is 12.4 Å². The smallest absolute Gasteiger partial charge is 0.307 e. The Morgan fingerprint density at radius 2 is 2.08 bits per heavy atom. The van der Waals surface area contributed by atoms with E-state index in [2.05, 4.69) is 11.0 Å². The fourth-order valence-electron chi connectivity index (χ4n) is 2.96. The lowest BCUT2D eigenvalue weighted by Gasteiger charge is -2.13. The molecule has 1 N–H and O–H groups in total. The molecule has 1 heterocycles. The molecular formula is C21H23NO3. The topological polar surface area (TPSA) is 49.8 Å². The molecule has 2 aromatic carbocycles. The summed E-state index contributed by atoms with van der Waals surface area (Å²) >= 11 is 0. The molecule has 0 saturated heterocycles. The number of rotatable bonds is 5. The molecule has 4 heteroatoms. The van der Waals surface area contributed by atoms with Crippen molar-refractivity contribution in [3.05, 3.63) is 70.8 Å². The largest absolute Gasteiger partial charge is 0.488 e. The zero-order chi connectivity index (χ0) is 19.6. The highest BCUT2D eigenvalue weighted by atomic mass is 16.5. The molecule has 0 unspecified atom stereocenters. The number of hydrogen-bond donors (Lipinski definition) is 1. The van der Waals surface area contributed by atoms with Gasteiger partial charge in [-0.15, -0.1) is 0 Å². The second-order valence-electron chi connectivity index (χ2n) is 6.30. The second kappa shape index (κ2) is 7.53. The van der Waals surface area contributed by atoms with Gasteiger partial charge in [-0.05, 0) is 54.9 Å². The van der Waals surface area contributed by atoms with Gasteiger partial charge in [-0.1, -0.05) is 36.4 Å². The van der Waals surface area contributed by atoms with E-state index in [1.165, 1.54) is 6.07 Å². The maximum absolute atomic E-state index is 11.4. The maximum atomic E-state index is 11.4. The predicted octanol–water partition coefficient (Wildman–Crippen LogP) is 3.59. The van der Waals surface area contributed by atoms with Crippen LogP contribution in [0.5, 0.6) is 5.75 Å². The number of carbonyl (C=O) groups is 1. The van der Waals surface area contributed by atoms with Crippen LogP contribution in [-0.4, -0.2) is 36.6 Å². The highest BCUT2D eigenvalue weighted by molar-refractivity contribution is 5.85. The molecule has 3 rings (SSSR count). The van der Waals surface area contributed by atoms with Crippen molar-refractivity contribution >= 4 is 11.5 Å². The molecule has 1 aliphatic heterocycles. The van der Waals surface area contributed by atoms with Gasteiger partial charge in [0.1, 0.15) is 12.4 Å². The number of ether oxygens (including phenoxy) is 1. The minimum Gasteiger partial charge on any atom is -0.488 e. The van der Waals surface area contributed by atoms with Gasteiger partial charge in [0.15, 0.2) is 0 Å². The number of fused-ring (bicyclic) bond motifs is 2. The summed E-state index contributed by atoms with van der Waals surface area (Å²) in [6, 6.07) is 12.7. The molecule has 0 amide bonds. The quantitative estimate of drug-likeness (QED) is 0.904. The summed E-state index contributed by atoms with van der Waals surface area (Å²) in [6.45, 7) is 1.29. The number of hydrogen-bond acceptors (Lipinski definition) is 3. The van der Waals surface area contributed by atoms with Crippen molar-refractivity contribution in [3.63, 3.8) is 0 Å². The standard InChI is InChI=1S/C21H23NO3/c1-22(2)11-5-8-18-17-7-4-3-6-16(17)14-25-20-10-9-15(12-19(18)20)13-21(23)24/h3-4,6-10,12H,5,11,13-14H2,1-2H3,(H,23,24)/b18-8-/i13D2. The third-order valence-corrected chi connectivity index (χ3v) is 4.14. The lowest BCUT2D eigenvalue weighted by Crippen LogP contribution is -2.12. The first kappa shape index (κ1) is 14.7. The molecule has 4 nitrogen and oxygen atoms in total. The van der Waals surface area contributed by atoms with E-state index < -0.39 is 12.3 Å². The minimum atomic E-state index is -2.46. The fourth-order valence-corrected chi connectivity index (χ4v) is 2.96. The molecule has 0 fully saturated rings. The summed E-state index contributed by atoms with van der Waals surface area (Å²) in [4.78, 5) is 13.5. The Kier molecular flexibility index (Phi) is 4.44. The van der Waals surface area contributed by atoms with Crippen molar-refractivity contribution < 1.29 is 17.4 Å². The Balaban J connectivity index is 2.15. The van der Waals surface area contributed by atoms with E-state index in [0.717, 1.165) is 35.2 Å². The molecule has 0 bridgehead atoms. The summed E-state index contributed by atoms with van der Waals surface area (Å²) in [5.74, 6) is -0.872. The van der Waals surface area contributed by atoms with Crippen LogP contribution in [0.15, 0.2) is 48.5 Å². The van der Waals surface area contributed by atoms with Crippen LogP contribution in [0, 0.1) is 0 Å². The van der Waals surface area contributed by atoms with Crippen molar-refractivity contribution in [1.29, 1.82) is 0 Å². The number of benzene rings is 2. The normalized spacial score (nSPS) is 16.4. The molecule has 0 aliphatic carbocycles. The third kappa shape index (κ3) is 4.09. The van der Waals surface area contributed by atoms with Gasteiger partial charge >= 0.3 is 5.97 Å². The van der Waals surface area contributed by atoms with Crippen LogP contribution in [-0.2, 0) is 17.8 Å². The van der Waals surface area contributed by atoms with E-state index in [1.54, 1.807) is 12.1 Å². The van der Waals surface area contributed by atoms with Crippen molar-refractivity contribution in [1.82, 2.24) is 4.90 Å². The monoisotopic (exact) mass is 339 g/mol. The van der Waals surface area contributed by atoms with Gasteiger partial charge in [-0.3, -0.25) is 4.79 Å². The molecule has 0 radical (unpaired) electrons. The van der Waals surface area contributed by atoms with Crippen LogP contribution >= 0.6 is 0 Å². The van der Waals surface area contributed by atoms with Crippen LogP contribution in [0.3, 0.4) is 0 Å². The van der Waals surface area contributed by atoms with Gasteiger partial charge in [0, 0.05) is 14.8 Å². The molecule has 0 spiro atoms. The Hall–Kier alpha value is -2.59. The highest BCUT2D eigenvalue weighted by Gasteiger charge is 2.19. The van der Waals surface area contributed by atoms with Crippen LogP contribution in [0.1, 0.15) is 31.4 Å². The Morgan fingerprint density at radius 1 is 1.28 bits per heavy atom. The van der Waals surface area contributed by atoms with E-state index in [4.69, 9.17) is 7.48 Å². The minimum absolute atomic E-state index is 0.107. The summed E-state index contributed by atoms with van der Waals surface area (Å²) in [7, 11) is 4.02. The van der Waals surface area contributed by atoms with E-state index in [9.17, 15) is 9.90 Å². The summed E-state index contributed by atoms with van der Waals surface area (Å²) in [6.07, 6.45) is 0.466. The Labute approximate surface area is 151 Å². The average Bonchev–Trinajstić information content (AvgIpc) is 2.78. The molecule has 1 aliphatic rings. The van der Waals surface area contributed by atoms with Crippen LogP contribution in [0.25, 0.3) is 5.57 Å². The second-order valence-corrected chi connectivity index (χ2v) is 6.30. The van der Waals surface area contributed by atoms with E-state index >= 15 is 0 Å². The van der Waals surface area contributed by atoms with Gasteiger partial charge in [-0.2, -0.15) is 0 Å². The average molecular weight is 339 g/mol. The van der Waals surface area contributed by atoms with Gasteiger partial charge in [0.25, 0.3) is 0 Å². The fraction of sp³-hybridized carbons (Fsp3) is 0.286. The molecule has 0 atom stereocenters. The van der Waals surface area contributed by atoms with Crippen molar-refractivity contribution in [2.45, 2.75) is 19.4 Å². The predicted molar refractivity (Wildman–Crippen MR) is 98.8 cm³/mol. The SMILES string of the molecule is [2H]C([2H])(C(=O)O)c1ccc2c(c1)/C(=C\CCN(C)C)c1ccccc1CO2. The van der Waals surface area contributed by atoms with Gasteiger partial charge in [0.05, 0.1) is 6.37 Å². The Bertz CT molecular complexity index is 891. The van der Waals surface area contributed by atoms with E-state index in [-0.39, 0.29) is 5.56 Å². The first-order chi connectivity index (χ1) is 12.8. The Morgan fingerprint density at radius 3 is 2.84 bits per heavy atom. The molecule has 130 valence electrons. The first-order valence-electron chi connectivity index (χ1n) is 9.25. The molecule has 0 saturated carbocycles. The highest BCUT2D eigenvalue weighted by Crippen LogP contribution is 2.37. The molecule has 25 heavy (non-hydrogen) atoms. The van der Waals surface area contributed by atoms with E-state index in [1.807, 2.05) is 38.4 Å². The first-order valence-corrected chi connectivity index (χ1v) is 8.25. The zero-order valence-corrected chi connectivity index (χ0v) is 14.5. The molecule has 0 aromatic heterocycles. The van der Waals surface area contributed by atoms with Crippen molar-refractivity contribution in [3.8, 4) is 5.75 Å². The van der Waals surface area contributed by atoms with Gasteiger partial charge in [0.2, 0.25) is 0 Å². The van der Waals surface area contributed by atoms with Crippen molar-refractivity contribution in [2.75, 3.05) is 20.6 Å². The number of carboxylic acid groups (broad SMARTS) is 1. The lowest BCUT2D eigenvalue weighted by atomic mass is 9.92. The van der Waals surface area contributed by atoms with Crippen LogP contribution < -0.4 is 4.74 Å². The number of carboxylic acids is 1. The van der Waals surface area contributed by atoms with Crippen LogP contribution in [0.4, 0.5) is 0 Å². The summed E-state index contributed by atoms with van der Waals surface area (Å²) < 4.78 is 21.7.